The molecular formula is C14H16N2O. The maximum Gasteiger partial charge on any atom is 0.195 e. The van der Waals surface area contributed by atoms with Gasteiger partial charge in [0.2, 0.25) is 0 Å². The minimum Gasteiger partial charge on any atom is -0.448 e. The van der Waals surface area contributed by atoms with Gasteiger partial charge in [-0.2, -0.15) is 0 Å². The zero-order valence-corrected chi connectivity index (χ0v) is 9.78. The minimum absolute atomic E-state index is 0.574. The Balaban J connectivity index is 1.92. The molecule has 1 aromatic carbocycles. The highest BCUT2D eigenvalue weighted by Crippen LogP contribution is 2.27. The van der Waals surface area contributed by atoms with E-state index in [-0.39, 0.29) is 0 Å². The molecule has 1 aliphatic rings. The van der Waals surface area contributed by atoms with Crippen molar-refractivity contribution in [2.75, 3.05) is 6.54 Å². The molecule has 0 saturated carbocycles. The lowest BCUT2D eigenvalue weighted by molar-refractivity contribution is 0.496. The standard InChI is InChI=1S/C14H16N2O/c15-7-6-14-16-13(9-17-14)12-5-4-10-2-1-3-11(10)8-12/h4-5,8-9H,1-3,6-7,15H2. The van der Waals surface area contributed by atoms with E-state index in [4.69, 9.17) is 10.2 Å². The predicted molar refractivity (Wildman–Crippen MR) is 66.7 cm³/mol. The molecule has 0 bridgehead atoms. The van der Waals surface area contributed by atoms with E-state index in [9.17, 15) is 0 Å². The third kappa shape index (κ3) is 1.98. The molecule has 3 heteroatoms. The second kappa shape index (κ2) is 4.34. The van der Waals surface area contributed by atoms with Gasteiger partial charge >= 0.3 is 0 Å². The highest BCUT2D eigenvalue weighted by molar-refractivity contribution is 5.60. The Kier molecular flexibility index (Phi) is 2.69. The van der Waals surface area contributed by atoms with Crippen LogP contribution < -0.4 is 5.73 Å². The van der Waals surface area contributed by atoms with E-state index in [0.29, 0.717) is 13.0 Å². The first kappa shape index (κ1) is 10.5. The van der Waals surface area contributed by atoms with Crippen molar-refractivity contribution < 1.29 is 4.42 Å². The fourth-order valence-corrected chi connectivity index (χ4v) is 2.41. The van der Waals surface area contributed by atoms with E-state index >= 15 is 0 Å². The average Bonchev–Trinajstić information content (AvgIpc) is 2.96. The summed E-state index contributed by atoms with van der Waals surface area (Å²) in [5.74, 6) is 0.725. The Morgan fingerprint density at radius 3 is 3.00 bits per heavy atom. The van der Waals surface area contributed by atoms with E-state index in [2.05, 4.69) is 23.2 Å². The summed E-state index contributed by atoms with van der Waals surface area (Å²) in [6.45, 7) is 0.574. The third-order valence-electron chi connectivity index (χ3n) is 3.30. The Morgan fingerprint density at radius 1 is 1.24 bits per heavy atom. The second-order valence-corrected chi connectivity index (χ2v) is 4.50. The van der Waals surface area contributed by atoms with Crippen LogP contribution in [0.25, 0.3) is 11.3 Å². The maximum absolute atomic E-state index is 5.48. The van der Waals surface area contributed by atoms with Gasteiger partial charge in [-0.05, 0) is 36.5 Å². The molecule has 1 aliphatic carbocycles. The zero-order valence-electron chi connectivity index (χ0n) is 9.78. The average molecular weight is 228 g/mol. The van der Waals surface area contributed by atoms with Crippen molar-refractivity contribution in [2.45, 2.75) is 25.7 Å². The Labute approximate surface area is 101 Å². The van der Waals surface area contributed by atoms with Crippen molar-refractivity contribution in [3.8, 4) is 11.3 Å². The van der Waals surface area contributed by atoms with Crippen molar-refractivity contribution >= 4 is 0 Å². The number of aromatic nitrogens is 1. The van der Waals surface area contributed by atoms with Crippen LogP contribution in [0, 0.1) is 0 Å². The lowest BCUT2D eigenvalue weighted by Crippen LogP contribution is -2.02. The second-order valence-electron chi connectivity index (χ2n) is 4.50. The number of benzene rings is 1. The summed E-state index contributed by atoms with van der Waals surface area (Å²) in [4.78, 5) is 4.45. The highest BCUT2D eigenvalue weighted by Gasteiger charge is 2.13. The SMILES string of the molecule is NCCc1nc(-c2ccc3c(c2)CCC3)co1. The first-order valence-electron chi connectivity index (χ1n) is 6.13. The van der Waals surface area contributed by atoms with Gasteiger partial charge in [-0.1, -0.05) is 12.1 Å². The van der Waals surface area contributed by atoms with Gasteiger partial charge in [0.25, 0.3) is 0 Å². The smallest absolute Gasteiger partial charge is 0.195 e. The summed E-state index contributed by atoms with van der Waals surface area (Å²) in [5.41, 5.74) is 10.5. The number of hydrogen-bond donors (Lipinski definition) is 1. The zero-order chi connectivity index (χ0) is 11.7. The van der Waals surface area contributed by atoms with Gasteiger partial charge in [0.05, 0.1) is 0 Å². The van der Waals surface area contributed by atoms with Crippen LogP contribution in [0.3, 0.4) is 0 Å². The molecule has 0 amide bonds. The van der Waals surface area contributed by atoms with Crippen molar-refractivity contribution in [2.24, 2.45) is 5.73 Å². The molecule has 0 unspecified atom stereocenters. The van der Waals surface area contributed by atoms with Gasteiger partial charge in [-0.3, -0.25) is 0 Å². The van der Waals surface area contributed by atoms with Gasteiger partial charge < -0.3 is 10.2 Å². The number of nitrogens with two attached hydrogens (primary N) is 1. The van der Waals surface area contributed by atoms with E-state index in [1.165, 1.54) is 30.4 Å². The largest absolute Gasteiger partial charge is 0.448 e. The number of fused-ring (bicyclic) bond motifs is 1. The van der Waals surface area contributed by atoms with Gasteiger partial charge in [0.1, 0.15) is 12.0 Å². The normalized spacial score (nSPS) is 13.9. The summed E-state index contributed by atoms with van der Waals surface area (Å²) in [6, 6.07) is 6.59. The lowest BCUT2D eigenvalue weighted by Gasteiger charge is -2.01. The summed E-state index contributed by atoms with van der Waals surface area (Å²) >= 11 is 0. The first-order valence-corrected chi connectivity index (χ1v) is 6.13. The van der Waals surface area contributed by atoms with Crippen LogP contribution in [-0.4, -0.2) is 11.5 Å². The summed E-state index contributed by atoms with van der Waals surface area (Å²) in [7, 11) is 0. The Bertz CT molecular complexity index is 531. The molecule has 3 rings (SSSR count). The van der Waals surface area contributed by atoms with E-state index < -0.39 is 0 Å². The monoisotopic (exact) mass is 228 g/mol. The van der Waals surface area contributed by atoms with Gasteiger partial charge in [0, 0.05) is 18.5 Å². The summed E-state index contributed by atoms with van der Waals surface area (Å²) in [6.07, 6.45) is 6.10. The Morgan fingerprint density at radius 2 is 2.12 bits per heavy atom. The van der Waals surface area contributed by atoms with Crippen LogP contribution in [0.15, 0.2) is 28.9 Å². The number of rotatable bonds is 3. The van der Waals surface area contributed by atoms with Crippen LogP contribution in [-0.2, 0) is 19.3 Å². The molecule has 88 valence electrons. The summed E-state index contributed by atoms with van der Waals surface area (Å²) < 4.78 is 5.39. The molecular weight excluding hydrogens is 212 g/mol. The topological polar surface area (TPSA) is 52.0 Å². The van der Waals surface area contributed by atoms with Gasteiger partial charge in [-0.15, -0.1) is 0 Å². The molecule has 17 heavy (non-hydrogen) atoms. The van der Waals surface area contributed by atoms with Crippen molar-refractivity contribution in [1.82, 2.24) is 4.98 Å². The molecule has 0 radical (unpaired) electrons. The van der Waals surface area contributed by atoms with Crippen LogP contribution in [0.4, 0.5) is 0 Å². The molecule has 2 aromatic rings. The summed E-state index contributed by atoms with van der Waals surface area (Å²) in [5, 5.41) is 0. The van der Waals surface area contributed by atoms with Crippen LogP contribution in [0.1, 0.15) is 23.4 Å². The Hall–Kier alpha value is -1.61. The minimum atomic E-state index is 0.574. The number of nitrogens with zero attached hydrogens (tertiary/aromatic N) is 1. The first-order chi connectivity index (χ1) is 8.36. The fraction of sp³-hybridized carbons (Fsp3) is 0.357. The van der Waals surface area contributed by atoms with E-state index in [0.717, 1.165) is 17.1 Å². The number of hydrogen-bond acceptors (Lipinski definition) is 3. The van der Waals surface area contributed by atoms with Crippen LogP contribution in [0.5, 0.6) is 0 Å². The van der Waals surface area contributed by atoms with Crippen molar-refractivity contribution in [3.63, 3.8) is 0 Å². The molecule has 0 aliphatic heterocycles. The third-order valence-corrected chi connectivity index (χ3v) is 3.30. The van der Waals surface area contributed by atoms with Gasteiger partial charge in [-0.25, -0.2) is 4.98 Å². The molecule has 0 atom stereocenters. The van der Waals surface area contributed by atoms with E-state index in [1.807, 2.05) is 0 Å². The lowest BCUT2D eigenvalue weighted by atomic mass is 10.1. The van der Waals surface area contributed by atoms with Crippen LogP contribution >= 0.6 is 0 Å². The van der Waals surface area contributed by atoms with E-state index in [1.54, 1.807) is 6.26 Å². The molecule has 0 spiro atoms. The predicted octanol–water partition coefficient (Wildman–Crippen LogP) is 2.33. The van der Waals surface area contributed by atoms with Crippen LogP contribution in [0.2, 0.25) is 0 Å². The number of oxazole rings is 1. The maximum atomic E-state index is 5.48. The molecule has 1 aromatic heterocycles. The quantitative estimate of drug-likeness (QED) is 0.877. The molecule has 0 saturated heterocycles. The molecule has 1 heterocycles. The fourth-order valence-electron chi connectivity index (χ4n) is 2.41. The number of aryl methyl sites for hydroxylation is 2. The molecule has 3 nitrogen and oxygen atoms in total. The highest BCUT2D eigenvalue weighted by atomic mass is 16.3. The van der Waals surface area contributed by atoms with Gasteiger partial charge in [0.15, 0.2) is 5.89 Å². The van der Waals surface area contributed by atoms with Crippen molar-refractivity contribution in [1.29, 1.82) is 0 Å². The molecule has 2 N–H and O–H groups in total. The van der Waals surface area contributed by atoms with Crippen molar-refractivity contribution in [3.05, 3.63) is 41.5 Å². The molecule has 0 fully saturated rings.